The van der Waals surface area contributed by atoms with Gasteiger partial charge in [0, 0.05) is 34.6 Å². The van der Waals surface area contributed by atoms with E-state index in [0.717, 1.165) is 46.8 Å². The van der Waals surface area contributed by atoms with E-state index >= 15 is 0 Å². The van der Waals surface area contributed by atoms with E-state index in [1.807, 2.05) is 31.2 Å². The molecule has 2 heterocycles. The van der Waals surface area contributed by atoms with Crippen LogP contribution in [0.1, 0.15) is 36.4 Å². The molecule has 0 saturated heterocycles. The fraction of sp³-hybridized carbons (Fsp3) is 0.172. The van der Waals surface area contributed by atoms with Crippen molar-refractivity contribution >= 4 is 34.0 Å². The lowest BCUT2D eigenvalue weighted by Gasteiger charge is -2.14. The number of rotatable bonds is 8. The average molecular weight is 482 g/mol. The number of benzene rings is 2. The summed E-state index contributed by atoms with van der Waals surface area (Å²) in [6, 6.07) is 21.2. The molecule has 4 aromatic rings. The van der Waals surface area contributed by atoms with Gasteiger partial charge >= 0.3 is 5.97 Å². The Labute approximate surface area is 208 Å². The summed E-state index contributed by atoms with van der Waals surface area (Å²) >= 11 is 0. The predicted molar refractivity (Wildman–Crippen MR) is 141 cm³/mol. The van der Waals surface area contributed by atoms with Crippen LogP contribution in [0.2, 0.25) is 0 Å². The smallest absolute Gasteiger partial charge is 0.329 e. The van der Waals surface area contributed by atoms with Crippen LogP contribution in [0.15, 0.2) is 83.7 Å². The Bertz CT molecular complexity index is 1500. The number of pyridine rings is 2. The Morgan fingerprint density at radius 1 is 0.972 bits per heavy atom. The van der Waals surface area contributed by atoms with Crippen LogP contribution < -0.4 is 10.9 Å². The van der Waals surface area contributed by atoms with E-state index < -0.39 is 11.9 Å². The second kappa shape index (κ2) is 10.8. The van der Waals surface area contributed by atoms with Crippen LogP contribution >= 0.6 is 0 Å². The number of nitrogens with zero attached hydrogens (tertiary/aromatic N) is 2. The molecule has 7 nitrogen and oxygen atoms in total. The monoisotopic (exact) mass is 481 g/mol. The molecule has 1 amide bonds. The fourth-order valence-corrected chi connectivity index (χ4v) is 4.13. The molecule has 182 valence electrons. The molecule has 0 saturated carbocycles. The third kappa shape index (κ3) is 5.41. The molecule has 0 aliphatic heterocycles. The Balaban J connectivity index is 1.59. The largest absolute Gasteiger partial charge is 0.478 e. The molecule has 36 heavy (non-hydrogen) atoms. The van der Waals surface area contributed by atoms with E-state index in [9.17, 15) is 19.5 Å². The van der Waals surface area contributed by atoms with Gasteiger partial charge in [0.15, 0.2) is 0 Å². The zero-order chi connectivity index (χ0) is 25.7. The molecule has 2 N–H and O–H groups in total. The van der Waals surface area contributed by atoms with E-state index in [0.29, 0.717) is 17.8 Å². The zero-order valence-corrected chi connectivity index (χ0v) is 20.2. The van der Waals surface area contributed by atoms with E-state index in [1.54, 1.807) is 53.1 Å². The summed E-state index contributed by atoms with van der Waals surface area (Å²) in [7, 11) is 0. The predicted octanol–water partition coefficient (Wildman–Crippen LogP) is 4.68. The highest BCUT2D eigenvalue weighted by atomic mass is 16.4. The summed E-state index contributed by atoms with van der Waals surface area (Å²) in [6.45, 7) is 4.47. The molecule has 0 radical (unpaired) electrons. The first kappa shape index (κ1) is 24.6. The number of carboxylic acids is 1. The Morgan fingerprint density at radius 3 is 2.33 bits per heavy atom. The molecule has 0 aliphatic rings. The van der Waals surface area contributed by atoms with E-state index in [2.05, 4.69) is 12.2 Å². The van der Waals surface area contributed by atoms with Gasteiger partial charge in [-0.1, -0.05) is 56.3 Å². The van der Waals surface area contributed by atoms with Crippen LogP contribution in [0, 0.1) is 0 Å². The third-order valence-electron chi connectivity index (χ3n) is 5.97. The molecule has 0 atom stereocenters. The Morgan fingerprint density at radius 2 is 1.69 bits per heavy atom. The molecule has 0 fully saturated rings. The number of carboxylic acid groups (broad SMARTS) is 1. The molecule has 7 heteroatoms. The average Bonchev–Trinajstić information content (AvgIpc) is 2.89. The number of aliphatic carboxylic acids is 1. The van der Waals surface area contributed by atoms with Crippen molar-refractivity contribution in [3.05, 3.63) is 112 Å². The van der Waals surface area contributed by atoms with Gasteiger partial charge in [0.05, 0.1) is 17.6 Å². The van der Waals surface area contributed by atoms with Crippen LogP contribution in [0.5, 0.6) is 0 Å². The lowest BCUT2D eigenvalue weighted by Crippen LogP contribution is -2.21. The first-order chi connectivity index (χ1) is 17.4. The molecular formula is C29H27N3O4. The van der Waals surface area contributed by atoms with E-state index in [4.69, 9.17) is 4.98 Å². The second-order valence-electron chi connectivity index (χ2n) is 8.37. The third-order valence-corrected chi connectivity index (χ3v) is 5.97. The van der Waals surface area contributed by atoms with Crippen LogP contribution in [0.25, 0.3) is 16.5 Å². The minimum Gasteiger partial charge on any atom is -0.478 e. The summed E-state index contributed by atoms with van der Waals surface area (Å²) in [4.78, 5) is 41.6. The number of hydrogen-bond acceptors (Lipinski definition) is 4. The maximum atomic E-state index is 12.8. The molecule has 0 bridgehead atoms. The Kier molecular flexibility index (Phi) is 7.39. The highest BCUT2D eigenvalue weighted by molar-refractivity contribution is 6.27. The zero-order valence-electron chi connectivity index (χ0n) is 20.2. The summed E-state index contributed by atoms with van der Waals surface area (Å²) < 4.78 is 1.74. The number of aryl methyl sites for hydroxylation is 2. The molecule has 0 unspecified atom stereocenters. The Hall–Kier alpha value is -4.52. The van der Waals surface area contributed by atoms with Crippen LogP contribution in [-0.4, -0.2) is 26.5 Å². The minimum absolute atomic E-state index is 0.0570. The van der Waals surface area contributed by atoms with Gasteiger partial charge in [-0.25, -0.2) is 4.79 Å². The van der Waals surface area contributed by atoms with Crippen LogP contribution in [0.4, 0.5) is 5.69 Å². The summed E-state index contributed by atoms with van der Waals surface area (Å²) in [5.41, 5.74) is 4.65. The topological polar surface area (TPSA) is 101 Å². The van der Waals surface area contributed by atoms with Crippen molar-refractivity contribution in [2.75, 3.05) is 5.32 Å². The van der Waals surface area contributed by atoms with Gasteiger partial charge < -0.3 is 15.0 Å². The maximum Gasteiger partial charge on any atom is 0.329 e. The van der Waals surface area contributed by atoms with Crippen molar-refractivity contribution in [3.8, 4) is 0 Å². The number of carbonyl (C=O) groups excluding carboxylic acids is 1. The highest BCUT2D eigenvalue weighted by Gasteiger charge is 2.14. The number of aromatic nitrogens is 2. The standard InChI is InChI=1S/C29H27N3O4/c1-3-21-16-26-23(25(4-2)30-21)14-15-27(33)32(26)18-19-10-12-22(13-11-19)31-29(36)24(17-28(34)35)20-8-6-5-7-9-20/h5-17H,3-4,18H2,1-2H3,(H,31,36)(H,34,35)/b24-17+. The van der Waals surface area contributed by atoms with Crippen LogP contribution in [0.3, 0.4) is 0 Å². The molecule has 0 spiro atoms. The SMILES string of the molecule is CCc1cc2c(ccc(=O)n2Cc2ccc(NC(=O)/C(=C/C(=O)O)c3ccccc3)cc2)c(CC)n1. The molecular weight excluding hydrogens is 454 g/mol. The molecule has 0 aliphatic carbocycles. The maximum absolute atomic E-state index is 12.8. The van der Waals surface area contributed by atoms with Crippen molar-refractivity contribution < 1.29 is 14.7 Å². The van der Waals surface area contributed by atoms with Crippen molar-refractivity contribution in [2.24, 2.45) is 0 Å². The van der Waals surface area contributed by atoms with Crippen molar-refractivity contribution in [2.45, 2.75) is 33.2 Å². The quantitative estimate of drug-likeness (QED) is 0.356. The number of nitrogens with one attached hydrogen (secondary N) is 1. The molecule has 2 aromatic carbocycles. The van der Waals surface area contributed by atoms with E-state index in [-0.39, 0.29) is 11.1 Å². The fourth-order valence-electron chi connectivity index (χ4n) is 4.13. The number of carbonyl (C=O) groups is 2. The summed E-state index contributed by atoms with van der Waals surface area (Å²) in [5.74, 6) is -1.72. The van der Waals surface area contributed by atoms with Crippen LogP contribution in [-0.2, 0) is 29.0 Å². The van der Waals surface area contributed by atoms with Gasteiger partial charge in [-0.2, -0.15) is 0 Å². The van der Waals surface area contributed by atoms with Gasteiger partial charge in [0.1, 0.15) is 0 Å². The van der Waals surface area contributed by atoms with Gasteiger partial charge in [-0.3, -0.25) is 14.6 Å². The van der Waals surface area contributed by atoms with Crippen molar-refractivity contribution in [1.82, 2.24) is 9.55 Å². The van der Waals surface area contributed by atoms with Crippen molar-refractivity contribution in [3.63, 3.8) is 0 Å². The van der Waals surface area contributed by atoms with Gasteiger partial charge in [0.25, 0.3) is 11.5 Å². The van der Waals surface area contributed by atoms with Crippen molar-refractivity contribution in [1.29, 1.82) is 0 Å². The molecule has 2 aromatic heterocycles. The van der Waals surface area contributed by atoms with Gasteiger partial charge in [-0.05, 0) is 48.2 Å². The van der Waals surface area contributed by atoms with E-state index in [1.165, 1.54) is 0 Å². The first-order valence-corrected chi connectivity index (χ1v) is 11.8. The van der Waals surface area contributed by atoms with Gasteiger partial charge in [0.2, 0.25) is 0 Å². The number of amides is 1. The molecule has 4 rings (SSSR count). The lowest BCUT2D eigenvalue weighted by molar-refractivity contribution is -0.131. The number of fused-ring (bicyclic) bond motifs is 1. The summed E-state index contributed by atoms with van der Waals surface area (Å²) in [6.07, 6.45) is 2.45. The highest BCUT2D eigenvalue weighted by Crippen LogP contribution is 2.21. The lowest BCUT2D eigenvalue weighted by atomic mass is 10.0. The number of hydrogen-bond donors (Lipinski definition) is 2. The van der Waals surface area contributed by atoms with Gasteiger partial charge in [-0.15, -0.1) is 0 Å². The summed E-state index contributed by atoms with van der Waals surface area (Å²) in [5, 5.41) is 12.9. The minimum atomic E-state index is -1.20. The first-order valence-electron chi connectivity index (χ1n) is 11.8. The number of anilines is 1. The normalized spacial score (nSPS) is 11.4. The second-order valence-corrected chi connectivity index (χ2v) is 8.37.